The van der Waals surface area contributed by atoms with Crippen molar-refractivity contribution < 1.29 is 27.4 Å². The van der Waals surface area contributed by atoms with Gasteiger partial charge in [-0.15, -0.1) is 10.2 Å². The van der Waals surface area contributed by atoms with Crippen molar-refractivity contribution in [2.24, 2.45) is 0 Å². The third-order valence-corrected chi connectivity index (χ3v) is 4.00. The molecule has 1 saturated heterocycles. The molecule has 26 heavy (non-hydrogen) atoms. The summed E-state index contributed by atoms with van der Waals surface area (Å²) < 4.78 is 49.3. The molecule has 138 valence electrons. The Morgan fingerprint density at radius 2 is 1.96 bits per heavy atom. The maximum absolute atomic E-state index is 13.0. The molecule has 1 fully saturated rings. The van der Waals surface area contributed by atoms with E-state index in [1.807, 2.05) is 4.90 Å². The van der Waals surface area contributed by atoms with Gasteiger partial charge in [0.05, 0.1) is 19.2 Å². The summed E-state index contributed by atoms with van der Waals surface area (Å²) in [4.78, 5) is 13.2. The number of carbonyl (C=O) groups is 1. The van der Waals surface area contributed by atoms with Crippen molar-refractivity contribution in [3.8, 4) is 5.75 Å². The first-order valence-electron chi connectivity index (χ1n) is 7.88. The van der Waals surface area contributed by atoms with Crippen molar-refractivity contribution in [3.05, 3.63) is 47.7 Å². The van der Waals surface area contributed by atoms with Crippen LogP contribution in [-0.4, -0.2) is 42.5 Å². The van der Waals surface area contributed by atoms with Crippen molar-refractivity contribution in [1.82, 2.24) is 10.2 Å². The van der Waals surface area contributed by atoms with Crippen LogP contribution in [0.4, 0.5) is 19.0 Å². The number of halogens is 3. The number of hydrogen-bond acceptors (Lipinski definition) is 6. The summed E-state index contributed by atoms with van der Waals surface area (Å²) in [5, 5.41) is 7.76. The quantitative estimate of drug-likeness (QED) is 0.775. The molecule has 1 aromatic carbocycles. The number of carbonyl (C=O) groups excluding carboxylic acids is 1. The SMILES string of the molecule is COC(=O)c1ccc(N2CC[C@H](Oc3ccccc3C(F)(F)F)C2)nn1. The third kappa shape index (κ3) is 3.87. The average molecular weight is 367 g/mol. The number of methoxy groups -OCH3 is 1. The van der Waals surface area contributed by atoms with E-state index in [4.69, 9.17) is 4.74 Å². The molecule has 1 aromatic heterocycles. The Hall–Kier alpha value is -2.84. The van der Waals surface area contributed by atoms with Crippen LogP contribution < -0.4 is 9.64 Å². The number of anilines is 1. The van der Waals surface area contributed by atoms with Gasteiger partial charge < -0.3 is 14.4 Å². The fourth-order valence-electron chi connectivity index (χ4n) is 2.72. The van der Waals surface area contributed by atoms with Gasteiger partial charge in [-0.05, 0) is 24.3 Å². The van der Waals surface area contributed by atoms with Crippen molar-refractivity contribution >= 4 is 11.8 Å². The Labute approximate surface area is 147 Å². The second kappa shape index (κ2) is 7.19. The zero-order valence-electron chi connectivity index (χ0n) is 13.9. The summed E-state index contributed by atoms with van der Waals surface area (Å²) in [6, 6.07) is 8.26. The lowest BCUT2D eigenvalue weighted by molar-refractivity contribution is -0.139. The summed E-state index contributed by atoms with van der Waals surface area (Å²) in [5.41, 5.74) is -0.706. The van der Waals surface area contributed by atoms with Gasteiger partial charge in [0.15, 0.2) is 11.5 Å². The van der Waals surface area contributed by atoms with Crippen LogP contribution in [0.5, 0.6) is 5.75 Å². The van der Waals surface area contributed by atoms with E-state index in [-0.39, 0.29) is 11.4 Å². The van der Waals surface area contributed by atoms with Gasteiger partial charge in [0.1, 0.15) is 11.9 Å². The minimum Gasteiger partial charge on any atom is -0.488 e. The van der Waals surface area contributed by atoms with Crippen LogP contribution in [0.15, 0.2) is 36.4 Å². The monoisotopic (exact) mass is 367 g/mol. The predicted octanol–water partition coefficient (Wildman–Crippen LogP) is 2.94. The van der Waals surface area contributed by atoms with Crippen molar-refractivity contribution in [1.29, 1.82) is 0 Å². The molecule has 2 heterocycles. The van der Waals surface area contributed by atoms with Gasteiger partial charge >= 0.3 is 12.1 Å². The molecule has 0 N–H and O–H groups in total. The zero-order valence-corrected chi connectivity index (χ0v) is 13.9. The lowest BCUT2D eigenvalue weighted by atomic mass is 10.2. The standard InChI is InChI=1S/C17H16F3N3O3/c1-25-16(24)13-6-7-15(22-21-13)23-9-8-11(10-23)26-14-5-3-2-4-12(14)17(18,19)20/h2-7,11H,8-10H2,1H3/t11-/m0/s1. The van der Waals surface area contributed by atoms with E-state index in [1.54, 1.807) is 6.07 Å². The molecule has 1 atom stereocenters. The first kappa shape index (κ1) is 18.0. The Kier molecular flexibility index (Phi) is 4.97. The minimum atomic E-state index is -4.47. The highest BCUT2D eigenvalue weighted by Gasteiger charge is 2.35. The van der Waals surface area contributed by atoms with Crippen LogP contribution in [-0.2, 0) is 10.9 Å². The molecular formula is C17H16F3N3O3. The number of rotatable bonds is 4. The molecule has 0 aliphatic carbocycles. The van der Waals surface area contributed by atoms with E-state index in [2.05, 4.69) is 14.9 Å². The van der Waals surface area contributed by atoms with E-state index < -0.39 is 23.8 Å². The van der Waals surface area contributed by atoms with Crippen LogP contribution in [0.2, 0.25) is 0 Å². The molecule has 0 radical (unpaired) electrons. The normalized spacial score (nSPS) is 17.2. The molecule has 6 nitrogen and oxygen atoms in total. The Morgan fingerprint density at radius 1 is 1.19 bits per heavy atom. The number of para-hydroxylation sites is 1. The maximum atomic E-state index is 13.0. The second-order valence-corrected chi connectivity index (χ2v) is 5.74. The van der Waals surface area contributed by atoms with Crippen molar-refractivity contribution in [2.45, 2.75) is 18.7 Å². The minimum absolute atomic E-state index is 0.0855. The van der Waals surface area contributed by atoms with E-state index >= 15 is 0 Å². The summed E-state index contributed by atoms with van der Waals surface area (Å²) >= 11 is 0. The van der Waals surface area contributed by atoms with Crippen LogP contribution in [0.3, 0.4) is 0 Å². The Morgan fingerprint density at radius 3 is 2.62 bits per heavy atom. The highest BCUT2D eigenvalue weighted by atomic mass is 19.4. The molecular weight excluding hydrogens is 351 g/mol. The van der Waals surface area contributed by atoms with Crippen LogP contribution in [0, 0.1) is 0 Å². The highest BCUT2D eigenvalue weighted by molar-refractivity contribution is 5.86. The van der Waals surface area contributed by atoms with Gasteiger partial charge in [0, 0.05) is 13.0 Å². The predicted molar refractivity (Wildman–Crippen MR) is 86.1 cm³/mol. The third-order valence-electron chi connectivity index (χ3n) is 4.00. The average Bonchev–Trinajstić information content (AvgIpc) is 3.09. The second-order valence-electron chi connectivity index (χ2n) is 5.74. The van der Waals surface area contributed by atoms with Crippen molar-refractivity contribution in [2.75, 3.05) is 25.1 Å². The smallest absolute Gasteiger partial charge is 0.419 e. The summed E-state index contributed by atoms with van der Waals surface area (Å²) in [6.45, 7) is 0.934. The lowest BCUT2D eigenvalue weighted by Gasteiger charge is -2.19. The molecule has 0 saturated carbocycles. The summed E-state index contributed by atoms with van der Waals surface area (Å²) in [5.74, 6) is -0.248. The molecule has 3 rings (SSSR count). The van der Waals surface area contributed by atoms with Crippen LogP contribution in [0.25, 0.3) is 0 Å². The topological polar surface area (TPSA) is 64.5 Å². The number of nitrogens with zero attached hydrogens (tertiary/aromatic N) is 3. The number of aromatic nitrogens is 2. The van der Waals surface area contributed by atoms with Gasteiger partial charge in [0.2, 0.25) is 0 Å². The summed E-state index contributed by atoms with van der Waals surface area (Å²) in [6.07, 6.45) is -4.32. The van der Waals surface area contributed by atoms with Gasteiger partial charge in [-0.1, -0.05) is 12.1 Å². The molecule has 0 bridgehead atoms. The molecule has 1 aliphatic heterocycles. The molecule has 0 unspecified atom stereocenters. The number of ether oxygens (including phenoxy) is 2. The zero-order chi connectivity index (χ0) is 18.7. The Bertz CT molecular complexity index is 781. The lowest BCUT2D eigenvalue weighted by Crippen LogP contribution is -2.26. The van der Waals surface area contributed by atoms with E-state index in [0.29, 0.717) is 25.3 Å². The molecule has 9 heteroatoms. The van der Waals surface area contributed by atoms with Gasteiger partial charge in [-0.25, -0.2) is 4.79 Å². The van der Waals surface area contributed by atoms with E-state index in [1.165, 1.54) is 31.4 Å². The number of esters is 1. The van der Waals surface area contributed by atoms with Gasteiger partial charge in [-0.2, -0.15) is 13.2 Å². The van der Waals surface area contributed by atoms with Crippen LogP contribution >= 0.6 is 0 Å². The number of alkyl halides is 3. The van der Waals surface area contributed by atoms with E-state index in [0.717, 1.165) is 6.07 Å². The van der Waals surface area contributed by atoms with Crippen molar-refractivity contribution in [3.63, 3.8) is 0 Å². The largest absolute Gasteiger partial charge is 0.488 e. The van der Waals surface area contributed by atoms with Gasteiger partial charge in [-0.3, -0.25) is 0 Å². The number of benzene rings is 1. The molecule has 2 aromatic rings. The number of hydrogen-bond donors (Lipinski definition) is 0. The maximum Gasteiger partial charge on any atom is 0.419 e. The first-order valence-corrected chi connectivity index (χ1v) is 7.88. The fraction of sp³-hybridized carbons (Fsp3) is 0.353. The Balaban J connectivity index is 1.67. The first-order chi connectivity index (χ1) is 12.4. The highest BCUT2D eigenvalue weighted by Crippen LogP contribution is 2.37. The van der Waals surface area contributed by atoms with E-state index in [9.17, 15) is 18.0 Å². The fourth-order valence-corrected chi connectivity index (χ4v) is 2.72. The molecule has 0 spiro atoms. The van der Waals surface area contributed by atoms with Crippen LogP contribution in [0.1, 0.15) is 22.5 Å². The molecule has 1 aliphatic rings. The van der Waals surface area contributed by atoms with Gasteiger partial charge in [0.25, 0.3) is 0 Å². The molecule has 0 amide bonds. The summed E-state index contributed by atoms with van der Waals surface area (Å²) in [7, 11) is 1.25.